The summed E-state index contributed by atoms with van der Waals surface area (Å²) in [5.74, 6) is 0.979. The van der Waals surface area contributed by atoms with Gasteiger partial charge in [0.2, 0.25) is 0 Å². The average molecular weight is 262 g/mol. The average Bonchev–Trinajstić information content (AvgIpc) is 2.41. The fourth-order valence-electron chi connectivity index (χ4n) is 3.01. The van der Waals surface area contributed by atoms with Crippen molar-refractivity contribution in [2.24, 2.45) is 5.73 Å². The highest BCUT2D eigenvalue weighted by molar-refractivity contribution is 5.36. The Morgan fingerprint density at radius 1 is 1.42 bits per heavy atom. The number of likely N-dealkylation sites (tertiary alicyclic amines) is 1. The van der Waals surface area contributed by atoms with Crippen molar-refractivity contribution in [1.29, 1.82) is 0 Å². The van der Waals surface area contributed by atoms with E-state index in [0.29, 0.717) is 6.04 Å². The zero-order chi connectivity index (χ0) is 13.8. The van der Waals surface area contributed by atoms with Crippen LogP contribution in [0.3, 0.4) is 0 Å². The first kappa shape index (κ1) is 14.4. The summed E-state index contributed by atoms with van der Waals surface area (Å²) < 4.78 is 5.41. The van der Waals surface area contributed by atoms with Crippen molar-refractivity contribution in [2.75, 3.05) is 13.7 Å². The van der Waals surface area contributed by atoms with Gasteiger partial charge in [0.1, 0.15) is 5.75 Å². The van der Waals surface area contributed by atoms with Gasteiger partial charge < -0.3 is 10.5 Å². The molecule has 1 aliphatic rings. The molecule has 0 spiro atoms. The van der Waals surface area contributed by atoms with E-state index in [2.05, 4.69) is 36.9 Å². The third kappa shape index (κ3) is 3.48. The van der Waals surface area contributed by atoms with Crippen molar-refractivity contribution in [1.82, 2.24) is 4.90 Å². The van der Waals surface area contributed by atoms with Gasteiger partial charge in [-0.25, -0.2) is 0 Å². The van der Waals surface area contributed by atoms with Crippen LogP contribution in [0.15, 0.2) is 18.2 Å². The molecular weight excluding hydrogens is 236 g/mol. The van der Waals surface area contributed by atoms with E-state index >= 15 is 0 Å². The molecule has 1 saturated heterocycles. The van der Waals surface area contributed by atoms with Gasteiger partial charge in [0.15, 0.2) is 0 Å². The lowest BCUT2D eigenvalue weighted by molar-refractivity contribution is 0.123. The lowest BCUT2D eigenvalue weighted by Gasteiger charge is -2.38. The lowest BCUT2D eigenvalue weighted by atomic mass is 9.96. The van der Waals surface area contributed by atoms with Crippen molar-refractivity contribution in [3.63, 3.8) is 0 Å². The molecule has 19 heavy (non-hydrogen) atoms. The molecule has 0 aliphatic carbocycles. The van der Waals surface area contributed by atoms with Crippen molar-refractivity contribution in [3.05, 3.63) is 29.3 Å². The molecule has 0 amide bonds. The van der Waals surface area contributed by atoms with Crippen LogP contribution in [0.4, 0.5) is 0 Å². The van der Waals surface area contributed by atoms with Crippen LogP contribution in [0.25, 0.3) is 0 Å². The monoisotopic (exact) mass is 262 g/mol. The number of hydrogen-bond acceptors (Lipinski definition) is 3. The first-order valence-corrected chi connectivity index (χ1v) is 7.25. The Morgan fingerprint density at radius 3 is 2.89 bits per heavy atom. The molecule has 1 heterocycles. The summed E-state index contributed by atoms with van der Waals surface area (Å²) in [4.78, 5) is 2.53. The molecule has 0 bridgehead atoms. The highest BCUT2D eigenvalue weighted by Gasteiger charge is 2.25. The zero-order valence-electron chi connectivity index (χ0n) is 12.4. The molecule has 0 saturated carbocycles. The first-order valence-electron chi connectivity index (χ1n) is 7.25. The van der Waals surface area contributed by atoms with Gasteiger partial charge in [0.05, 0.1) is 7.11 Å². The number of aryl methyl sites for hydroxylation is 1. The van der Waals surface area contributed by atoms with Gasteiger partial charge in [-0.2, -0.15) is 0 Å². The van der Waals surface area contributed by atoms with Crippen LogP contribution in [0.5, 0.6) is 5.75 Å². The van der Waals surface area contributed by atoms with E-state index in [1.807, 2.05) is 0 Å². The molecule has 3 nitrogen and oxygen atoms in total. The Hall–Kier alpha value is -1.06. The van der Waals surface area contributed by atoms with Gasteiger partial charge in [0.25, 0.3) is 0 Å². The SMILES string of the molecule is COc1cc(CN2CCCCC2C(C)N)ccc1C. The summed E-state index contributed by atoms with van der Waals surface area (Å²) in [5.41, 5.74) is 8.63. The highest BCUT2D eigenvalue weighted by atomic mass is 16.5. The van der Waals surface area contributed by atoms with E-state index in [-0.39, 0.29) is 6.04 Å². The van der Waals surface area contributed by atoms with E-state index in [1.54, 1.807) is 7.11 Å². The van der Waals surface area contributed by atoms with Gasteiger partial charge >= 0.3 is 0 Å². The Morgan fingerprint density at radius 2 is 2.21 bits per heavy atom. The number of nitrogens with zero attached hydrogens (tertiary/aromatic N) is 1. The third-order valence-electron chi connectivity index (χ3n) is 4.13. The zero-order valence-corrected chi connectivity index (χ0v) is 12.4. The summed E-state index contributed by atoms with van der Waals surface area (Å²) in [6.07, 6.45) is 3.81. The quantitative estimate of drug-likeness (QED) is 0.906. The van der Waals surface area contributed by atoms with E-state index in [9.17, 15) is 0 Å². The summed E-state index contributed by atoms with van der Waals surface area (Å²) in [7, 11) is 1.73. The summed E-state index contributed by atoms with van der Waals surface area (Å²) in [5, 5.41) is 0. The van der Waals surface area contributed by atoms with Gasteiger partial charge in [-0.1, -0.05) is 18.6 Å². The molecule has 2 unspecified atom stereocenters. The second kappa shape index (κ2) is 6.40. The van der Waals surface area contributed by atoms with Crippen molar-refractivity contribution in [3.8, 4) is 5.75 Å². The highest BCUT2D eigenvalue weighted by Crippen LogP contribution is 2.24. The third-order valence-corrected chi connectivity index (χ3v) is 4.13. The number of benzene rings is 1. The Balaban J connectivity index is 2.10. The normalized spacial score (nSPS) is 22.2. The molecule has 0 radical (unpaired) electrons. The smallest absolute Gasteiger partial charge is 0.122 e. The van der Waals surface area contributed by atoms with Crippen molar-refractivity contribution in [2.45, 2.75) is 51.7 Å². The van der Waals surface area contributed by atoms with Crippen LogP contribution in [0.2, 0.25) is 0 Å². The molecule has 0 aromatic heterocycles. The second-order valence-electron chi connectivity index (χ2n) is 5.70. The standard InChI is InChI=1S/C16H26N2O/c1-12-7-8-14(10-16(12)19-3)11-18-9-5-4-6-15(18)13(2)17/h7-8,10,13,15H,4-6,9,11,17H2,1-3H3. The largest absolute Gasteiger partial charge is 0.496 e. The van der Waals surface area contributed by atoms with Crippen LogP contribution in [-0.4, -0.2) is 30.6 Å². The number of rotatable bonds is 4. The van der Waals surface area contributed by atoms with Crippen molar-refractivity contribution < 1.29 is 4.74 Å². The van der Waals surface area contributed by atoms with Crippen molar-refractivity contribution >= 4 is 0 Å². The summed E-state index contributed by atoms with van der Waals surface area (Å²) in [6.45, 7) is 6.33. The predicted molar refractivity (Wildman–Crippen MR) is 79.4 cm³/mol. The van der Waals surface area contributed by atoms with E-state index < -0.39 is 0 Å². The maximum atomic E-state index is 6.13. The predicted octanol–water partition coefficient (Wildman–Crippen LogP) is 2.71. The topological polar surface area (TPSA) is 38.5 Å². The fourth-order valence-corrected chi connectivity index (χ4v) is 3.01. The van der Waals surface area contributed by atoms with Crippen LogP contribution in [-0.2, 0) is 6.54 Å². The van der Waals surface area contributed by atoms with E-state index in [1.165, 1.54) is 30.4 Å². The number of methoxy groups -OCH3 is 1. The van der Waals surface area contributed by atoms with Crippen LogP contribution < -0.4 is 10.5 Å². The minimum absolute atomic E-state index is 0.243. The van der Waals surface area contributed by atoms with Gasteiger partial charge in [-0.15, -0.1) is 0 Å². The molecule has 2 N–H and O–H groups in total. The Kier molecular flexibility index (Phi) is 4.83. The Bertz CT molecular complexity index is 417. The minimum Gasteiger partial charge on any atom is -0.496 e. The number of hydrogen-bond donors (Lipinski definition) is 1. The van der Waals surface area contributed by atoms with Crippen LogP contribution in [0, 0.1) is 6.92 Å². The molecular formula is C16H26N2O. The molecule has 2 atom stereocenters. The fraction of sp³-hybridized carbons (Fsp3) is 0.625. The van der Waals surface area contributed by atoms with E-state index in [4.69, 9.17) is 10.5 Å². The van der Waals surface area contributed by atoms with Crippen LogP contribution in [0.1, 0.15) is 37.3 Å². The van der Waals surface area contributed by atoms with Crippen LogP contribution >= 0.6 is 0 Å². The number of piperidine rings is 1. The molecule has 1 aliphatic heterocycles. The molecule has 1 aromatic rings. The maximum Gasteiger partial charge on any atom is 0.122 e. The number of nitrogens with two attached hydrogens (primary N) is 1. The van der Waals surface area contributed by atoms with Gasteiger partial charge in [-0.3, -0.25) is 4.90 Å². The second-order valence-corrected chi connectivity index (χ2v) is 5.70. The molecule has 106 valence electrons. The lowest BCUT2D eigenvalue weighted by Crippen LogP contribution is -2.48. The molecule has 2 rings (SSSR count). The van der Waals surface area contributed by atoms with E-state index in [0.717, 1.165) is 18.8 Å². The minimum atomic E-state index is 0.243. The first-order chi connectivity index (χ1) is 9.11. The van der Waals surface area contributed by atoms with Gasteiger partial charge in [0, 0.05) is 18.6 Å². The molecule has 1 aromatic carbocycles. The Labute approximate surface area is 116 Å². The molecule has 1 fully saturated rings. The molecule has 3 heteroatoms. The van der Waals surface area contributed by atoms with Gasteiger partial charge in [-0.05, 0) is 50.4 Å². The summed E-state index contributed by atoms with van der Waals surface area (Å²) >= 11 is 0. The maximum absolute atomic E-state index is 6.13. The summed E-state index contributed by atoms with van der Waals surface area (Å²) in [6, 6.07) is 7.25. The number of ether oxygens (including phenoxy) is 1.